The van der Waals surface area contributed by atoms with Crippen LogP contribution in [-0.4, -0.2) is 46.4 Å². The van der Waals surface area contributed by atoms with Crippen LogP contribution in [0.2, 0.25) is 0 Å². The van der Waals surface area contributed by atoms with Gasteiger partial charge in [0.2, 0.25) is 5.91 Å². The summed E-state index contributed by atoms with van der Waals surface area (Å²) >= 11 is 1.40. The van der Waals surface area contributed by atoms with E-state index in [0.29, 0.717) is 32.7 Å². The van der Waals surface area contributed by atoms with Gasteiger partial charge in [0.15, 0.2) is 0 Å². The largest absolute Gasteiger partial charge is 0.376 e. The van der Waals surface area contributed by atoms with Gasteiger partial charge in [-0.05, 0) is 29.6 Å². The minimum absolute atomic E-state index is 0.0329. The third-order valence-electron chi connectivity index (χ3n) is 4.51. The van der Waals surface area contributed by atoms with Crippen LogP contribution in [0, 0.1) is 16.0 Å². The number of rotatable bonds is 8. The van der Waals surface area contributed by atoms with Crippen LogP contribution >= 0.6 is 11.5 Å². The van der Waals surface area contributed by atoms with E-state index in [1.807, 2.05) is 12.1 Å². The Labute approximate surface area is 161 Å². The van der Waals surface area contributed by atoms with Crippen LogP contribution in [0.5, 0.6) is 0 Å². The molecule has 3 rings (SSSR count). The topological polar surface area (TPSA) is 97.6 Å². The number of amides is 1. The molecule has 2 heterocycles. The van der Waals surface area contributed by atoms with Crippen LogP contribution in [0.3, 0.4) is 0 Å². The Morgan fingerprint density at radius 3 is 3.07 bits per heavy atom. The van der Waals surface area contributed by atoms with Gasteiger partial charge in [-0.1, -0.05) is 12.1 Å². The molecule has 1 amide bonds. The predicted octanol–water partition coefficient (Wildman–Crippen LogP) is 2.20. The molecule has 0 radical (unpaired) electrons. The van der Waals surface area contributed by atoms with Gasteiger partial charge in [-0.25, -0.2) is 4.37 Å². The fourth-order valence-corrected chi connectivity index (χ4v) is 3.75. The van der Waals surface area contributed by atoms with Crippen molar-refractivity contribution >= 4 is 23.1 Å². The van der Waals surface area contributed by atoms with Gasteiger partial charge < -0.3 is 15.0 Å². The van der Waals surface area contributed by atoms with E-state index in [1.165, 1.54) is 17.6 Å². The molecule has 0 saturated carbocycles. The number of benzene rings is 1. The molecular formula is C18H22N4O4S. The van der Waals surface area contributed by atoms with Gasteiger partial charge in [0, 0.05) is 43.3 Å². The highest BCUT2D eigenvalue weighted by Crippen LogP contribution is 2.22. The van der Waals surface area contributed by atoms with Crippen molar-refractivity contribution in [1.29, 1.82) is 0 Å². The lowest BCUT2D eigenvalue weighted by molar-refractivity contribution is -0.384. The summed E-state index contributed by atoms with van der Waals surface area (Å²) in [6, 6.07) is 8.47. The number of ether oxygens (including phenoxy) is 1. The summed E-state index contributed by atoms with van der Waals surface area (Å²) < 4.78 is 9.80. The van der Waals surface area contributed by atoms with Crippen molar-refractivity contribution in [2.75, 3.05) is 20.2 Å². The summed E-state index contributed by atoms with van der Waals surface area (Å²) in [6.45, 7) is 2.11. The minimum atomic E-state index is -0.400. The first-order valence-corrected chi connectivity index (χ1v) is 9.50. The zero-order valence-electron chi connectivity index (χ0n) is 15.0. The Morgan fingerprint density at radius 2 is 2.33 bits per heavy atom. The van der Waals surface area contributed by atoms with Crippen LogP contribution in [0.1, 0.15) is 16.9 Å². The molecule has 8 nitrogen and oxygen atoms in total. The molecule has 0 spiro atoms. The number of hydrogen-bond acceptors (Lipinski definition) is 7. The fraction of sp³-hybridized carbons (Fsp3) is 0.444. The average molecular weight is 390 g/mol. The Morgan fingerprint density at radius 1 is 1.48 bits per heavy atom. The number of carbonyl (C=O) groups is 1. The smallest absolute Gasteiger partial charge is 0.269 e. The van der Waals surface area contributed by atoms with Crippen molar-refractivity contribution in [2.24, 2.45) is 5.92 Å². The van der Waals surface area contributed by atoms with E-state index in [2.05, 4.69) is 9.69 Å². The quantitative estimate of drug-likeness (QED) is 0.548. The van der Waals surface area contributed by atoms with E-state index in [4.69, 9.17) is 4.74 Å². The first-order chi connectivity index (χ1) is 13.0. The van der Waals surface area contributed by atoms with Crippen molar-refractivity contribution in [1.82, 2.24) is 14.6 Å². The summed E-state index contributed by atoms with van der Waals surface area (Å²) in [4.78, 5) is 25.8. The van der Waals surface area contributed by atoms with E-state index in [1.54, 1.807) is 30.3 Å². The molecular weight excluding hydrogens is 368 g/mol. The van der Waals surface area contributed by atoms with Crippen molar-refractivity contribution in [3.63, 3.8) is 0 Å². The summed E-state index contributed by atoms with van der Waals surface area (Å²) in [5, 5.41) is 14.1. The SMILES string of the molecule is CN(Cc1ccns1)C(=O)[C@@H]1CO[C@H](CNCc2cccc([N+](=O)[O-])c2)C1. The summed E-state index contributed by atoms with van der Waals surface area (Å²) in [5.41, 5.74) is 0.931. The van der Waals surface area contributed by atoms with Crippen LogP contribution in [0.4, 0.5) is 5.69 Å². The molecule has 0 unspecified atom stereocenters. The second kappa shape index (κ2) is 9.03. The van der Waals surface area contributed by atoms with Gasteiger partial charge in [0.05, 0.1) is 30.1 Å². The average Bonchev–Trinajstić information content (AvgIpc) is 3.33. The molecule has 1 aromatic carbocycles. The second-order valence-corrected chi connectivity index (χ2v) is 7.54. The predicted molar refractivity (Wildman–Crippen MR) is 101 cm³/mol. The summed E-state index contributed by atoms with van der Waals surface area (Å²) in [7, 11) is 1.80. The lowest BCUT2D eigenvalue weighted by Crippen LogP contribution is -2.33. The lowest BCUT2D eigenvalue weighted by atomic mass is 10.0. The first kappa shape index (κ1) is 19.4. The number of nitro benzene ring substituents is 1. The van der Waals surface area contributed by atoms with Crippen molar-refractivity contribution in [3.8, 4) is 0 Å². The standard InChI is InChI=1S/C18H22N4O4S/c1-21(11-17-5-6-20-27-17)18(23)14-8-16(26-12-14)10-19-9-13-3-2-4-15(7-13)22(24)25/h2-7,14,16,19H,8-12H2,1H3/t14-,16-/m0/s1. The molecule has 1 saturated heterocycles. The highest BCUT2D eigenvalue weighted by molar-refractivity contribution is 7.05. The third-order valence-corrected chi connectivity index (χ3v) is 5.24. The number of aromatic nitrogens is 1. The minimum Gasteiger partial charge on any atom is -0.376 e. The van der Waals surface area contributed by atoms with Gasteiger partial charge in [-0.3, -0.25) is 14.9 Å². The third kappa shape index (κ3) is 5.31. The molecule has 144 valence electrons. The molecule has 0 bridgehead atoms. The van der Waals surface area contributed by atoms with Crippen LogP contribution in [0.15, 0.2) is 36.5 Å². The number of hydrogen-bond donors (Lipinski definition) is 1. The normalized spacial score (nSPS) is 19.1. The molecule has 2 aromatic rings. The Balaban J connectivity index is 1.42. The molecule has 0 aliphatic carbocycles. The molecule has 2 atom stereocenters. The number of nitro groups is 1. The monoisotopic (exact) mass is 390 g/mol. The van der Waals surface area contributed by atoms with Crippen molar-refractivity contribution in [2.45, 2.75) is 25.6 Å². The van der Waals surface area contributed by atoms with Gasteiger partial charge in [0.1, 0.15) is 0 Å². The van der Waals surface area contributed by atoms with Crippen LogP contribution in [0.25, 0.3) is 0 Å². The molecule has 1 fully saturated rings. The Bertz CT molecular complexity index is 783. The Hall–Kier alpha value is -2.36. The van der Waals surface area contributed by atoms with Gasteiger partial charge in [0.25, 0.3) is 5.69 Å². The van der Waals surface area contributed by atoms with Crippen LogP contribution in [-0.2, 0) is 22.6 Å². The maximum absolute atomic E-state index is 12.6. The maximum Gasteiger partial charge on any atom is 0.269 e. The van der Waals surface area contributed by atoms with Gasteiger partial charge in [-0.2, -0.15) is 0 Å². The highest BCUT2D eigenvalue weighted by atomic mass is 32.1. The second-order valence-electron chi connectivity index (χ2n) is 6.62. The van der Waals surface area contributed by atoms with Crippen LogP contribution < -0.4 is 5.32 Å². The number of carbonyl (C=O) groups excluding carboxylic acids is 1. The Kier molecular flexibility index (Phi) is 6.49. The molecule has 27 heavy (non-hydrogen) atoms. The summed E-state index contributed by atoms with van der Waals surface area (Å²) in [5.74, 6) is -0.0443. The zero-order chi connectivity index (χ0) is 19.2. The number of nitrogens with one attached hydrogen (secondary N) is 1. The maximum atomic E-state index is 12.6. The van der Waals surface area contributed by atoms with Gasteiger partial charge >= 0.3 is 0 Å². The number of non-ortho nitro benzene ring substituents is 1. The fourth-order valence-electron chi connectivity index (χ4n) is 3.12. The molecule has 1 N–H and O–H groups in total. The van der Waals surface area contributed by atoms with E-state index in [-0.39, 0.29) is 23.6 Å². The zero-order valence-corrected chi connectivity index (χ0v) is 15.9. The number of nitrogens with zero attached hydrogens (tertiary/aromatic N) is 3. The molecule has 9 heteroatoms. The van der Waals surface area contributed by atoms with E-state index in [9.17, 15) is 14.9 Å². The van der Waals surface area contributed by atoms with Crippen molar-refractivity contribution in [3.05, 3.63) is 57.1 Å². The lowest BCUT2D eigenvalue weighted by Gasteiger charge is -2.19. The highest BCUT2D eigenvalue weighted by Gasteiger charge is 2.32. The molecule has 1 aliphatic heterocycles. The first-order valence-electron chi connectivity index (χ1n) is 8.73. The van der Waals surface area contributed by atoms with E-state index < -0.39 is 4.92 Å². The molecule has 1 aromatic heterocycles. The van der Waals surface area contributed by atoms with E-state index in [0.717, 1.165) is 10.4 Å². The molecule has 1 aliphatic rings. The summed E-state index contributed by atoms with van der Waals surface area (Å²) in [6.07, 6.45) is 2.38. The van der Waals surface area contributed by atoms with E-state index >= 15 is 0 Å². The van der Waals surface area contributed by atoms with Crippen molar-refractivity contribution < 1.29 is 14.5 Å². The van der Waals surface area contributed by atoms with Gasteiger partial charge in [-0.15, -0.1) is 0 Å².